The fourth-order valence-corrected chi connectivity index (χ4v) is 4.19. The lowest BCUT2D eigenvalue weighted by Gasteiger charge is -2.35. The van der Waals surface area contributed by atoms with Gasteiger partial charge in [0.2, 0.25) is 0 Å². The molecular weight excluding hydrogens is 497 g/mol. The first kappa shape index (κ1) is 24.0. The van der Waals surface area contributed by atoms with Crippen molar-refractivity contribution in [2.45, 2.75) is 32.9 Å². The zero-order valence-electron chi connectivity index (χ0n) is 17.5. The van der Waals surface area contributed by atoms with E-state index in [0.717, 1.165) is 50.2 Å². The van der Waals surface area contributed by atoms with E-state index in [2.05, 4.69) is 63.6 Å². The van der Waals surface area contributed by atoms with Gasteiger partial charge in [-0.25, -0.2) is 4.98 Å². The van der Waals surface area contributed by atoms with Gasteiger partial charge < -0.3 is 15.4 Å². The van der Waals surface area contributed by atoms with Crippen LogP contribution in [-0.4, -0.2) is 55.7 Å². The third-order valence-corrected chi connectivity index (χ3v) is 6.10. The van der Waals surface area contributed by atoms with E-state index in [0.29, 0.717) is 6.54 Å². The standard InChI is InChI=1S/C21H31N5OS.HI/c1-4-18-13-23-20(28-18)15-25-21(22-3)24-14-19(26-8-10-27-11-9-26)17-7-5-6-16(2)12-17;/h5-7,12-13,19H,4,8-11,14-15H2,1-3H3,(H2,22,24,25);1H. The largest absolute Gasteiger partial charge is 0.379 e. The van der Waals surface area contributed by atoms with Crippen molar-refractivity contribution in [1.29, 1.82) is 0 Å². The first-order valence-electron chi connectivity index (χ1n) is 9.96. The summed E-state index contributed by atoms with van der Waals surface area (Å²) in [4.78, 5) is 12.7. The van der Waals surface area contributed by atoms with Gasteiger partial charge in [0.1, 0.15) is 5.01 Å². The van der Waals surface area contributed by atoms with E-state index in [9.17, 15) is 0 Å². The Morgan fingerprint density at radius 2 is 2.10 bits per heavy atom. The van der Waals surface area contributed by atoms with Crippen molar-refractivity contribution < 1.29 is 4.74 Å². The number of benzene rings is 1. The average Bonchev–Trinajstić information content (AvgIpc) is 3.19. The number of thiazole rings is 1. The van der Waals surface area contributed by atoms with E-state index < -0.39 is 0 Å². The Hall–Kier alpha value is -1.23. The maximum atomic E-state index is 5.55. The molecule has 1 unspecified atom stereocenters. The Balaban J connectivity index is 0.00000300. The Kier molecular flexibility index (Phi) is 10.3. The van der Waals surface area contributed by atoms with Crippen molar-refractivity contribution in [3.63, 3.8) is 0 Å². The normalized spacial score (nSPS) is 16.2. The maximum Gasteiger partial charge on any atom is 0.191 e. The molecule has 8 heteroatoms. The Morgan fingerprint density at radius 1 is 1.31 bits per heavy atom. The predicted octanol–water partition coefficient (Wildman–Crippen LogP) is 3.37. The van der Waals surface area contributed by atoms with Gasteiger partial charge in [-0.1, -0.05) is 36.8 Å². The Morgan fingerprint density at radius 3 is 2.76 bits per heavy atom. The molecule has 0 spiro atoms. The van der Waals surface area contributed by atoms with Gasteiger partial charge >= 0.3 is 0 Å². The van der Waals surface area contributed by atoms with Crippen molar-refractivity contribution in [2.75, 3.05) is 39.9 Å². The van der Waals surface area contributed by atoms with Crippen molar-refractivity contribution in [3.05, 3.63) is 51.5 Å². The predicted molar refractivity (Wildman–Crippen MR) is 131 cm³/mol. The van der Waals surface area contributed by atoms with E-state index in [1.54, 1.807) is 11.3 Å². The van der Waals surface area contributed by atoms with Crippen LogP contribution in [0, 0.1) is 6.92 Å². The maximum absolute atomic E-state index is 5.55. The molecule has 0 saturated carbocycles. The minimum atomic E-state index is 0. The summed E-state index contributed by atoms with van der Waals surface area (Å²) in [6.45, 7) is 9.27. The molecule has 1 saturated heterocycles. The molecule has 1 aromatic carbocycles. The number of halogens is 1. The van der Waals surface area contributed by atoms with Crippen LogP contribution in [0.2, 0.25) is 0 Å². The van der Waals surface area contributed by atoms with Crippen LogP contribution in [0.25, 0.3) is 0 Å². The molecule has 1 aliphatic rings. The summed E-state index contributed by atoms with van der Waals surface area (Å²) in [5, 5.41) is 7.98. The minimum Gasteiger partial charge on any atom is -0.379 e. The molecule has 1 aliphatic heterocycles. The summed E-state index contributed by atoms with van der Waals surface area (Å²) in [5.41, 5.74) is 2.62. The Labute approximate surface area is 195 Å². The molecule has 2 heterocycles. The zero-order valence-corrected chi connectivity index (χ0v) is 20.6. The van der Waals surface area contributed by atoms with Gasteiger partial charge in [-0.05, 0) is 18.9 Å². The van der Waals surface area contributed by atoms with Crippen LogP contribution < -0.4 is 10.6 Å². The highest BCUT2D eigenvalue weighted by Gasteiger charge is 2.23. The molecule has 29 heavy (non-hydrogen) atoms. The van der Waals surface area contributed by atoms with Crippen LogP contribution in [0.1, 0.15) is 34.0 Å². The summed E-state index contributed by atoms with van der Waals surface area (Å²) < 4.78 is 5.55. The van der Waals surface area contributed by atoms with Crippen molar-refractivity contribution in [3.8, 4) is 0 Å². The second-order valence-corrected chi connectivity index (χ2v) is 8.16. The number of rotatable bonds is 7. The van der Waals surface area contributed by atoms with Crippen molar-refractivity contribution in [1.82, 2.24) is 20.5 Å². The second-order valence-electron chi connectivity index (χ2n) is 6.96. The fourth-order valence-electron chi connectivity index (χ4n) is 3.39. The van der Waals surface area contributed by atoms with Gasteiger partial charge in [0.25, 0.3) is 0 Å². The van der Waals surface area contributed by atoms with Crippen LogP contribution in [-0.2, 0) is 17.7 Å². The van der Waals surface area contributed by atoms with Crippen LogP contribution in [0.4, 0.5) is 0 Å². The molecule has 0 aliphatic carbocycles. The van der Waals surface area contributed by atoms with Crippen LogP contribution in [0.3, 0.4) is 0 Å². The third-order valence-electron chi connectivity index (χ3n) is 4.96. The summed E-state index contributed by atoms with van der Waals surface area (Å²) in [6, 6.07) is 9.06. The van der Waals surface area contributed by atoms with Gasteiger partial charge in [0.15, 0.2) is 5.96 Å². The number of nitrogens with zero attached hydrogens (tertiary/aromatic N) is 3. The molecule has 1 atom stereocenters. The summed E-state index contributed by atoms with van der Waals surface area (Å²) in [5.74, 6) is 0.805. The second kappa shape index (κ2) is 12.5. The fraction of sp³-hybridized carbons (Fsp3) is 0.524. The number of hydrogen-bond donors (Lipinski definition) is 2. The average molecular weight is 529 g/mol. The molecular formula is C21H32IN5OS. The number of aromatic nitrogens is 1. The Bertz CT molecular complexity index is 776. The molecule has 3 rings (SSSR count). The highest BCUT2D eigenvalue weighted by Crippen LogP contribution is 2.22. The van der Waals surface area contributed by atoms with Gasteiger partial charge in [0, 0.05) is 37.8 Å². The first-order valence-corrected chi connectivity index (χ1v) is 10.8. The topological polar surface area (TPSA) is 61.8 Å². The monoisotopic (exact) mass is 529 g/mol. The van der Waals surface area contributed by atoms with Gasteiger partial charge in [-0.15, -0.1) is 35.3 Å². The molecule has 1 fully saturated rings. The van der Waals surface area contributed by atoms with E-state index in [1.165, 1.54) is 16.0 Å². The van der Waals surface area contributed by atoms with Crippen molar-refractivity contribution >= 4 is 41.3 Å². The van der Waals surface area contributed by atoms with E-state index in [1.807, 2.05) is 13.2 Å². The van der Waals surface area contributed by atoms with Gasteiger partial charge in [-0.3, -0.25) is 9.89 Å². The quantitative estimate of drug-likeness (QED) is 0.327. The molecule has 0 radical (unpaired) electrons. The minimum absolute atomic E-state index is 0. The van der Waals surface area contributed by atoms with Crippen LogP contribution in [0.15, 0.2) is 35.5 Å². The number of guanidine groups is 1. The number of ether oxygens (including phenoxy) is 1. The van der Waals surface area contributed by atoms with Crippen molar-refractivity contribution in [2.24, 2.45) is 4.99 Å². The highest BCUT2D eigenvalue weighted by molar-refractivity contribution is 14.0. The summed E-state index contributed by atoms with van der Waals surface area (Å²) in [6.07, 6.45) is 2.99. The number of nitrogens with one attached hydrogen (secondary N) is 2. The van der Waals surface area contributed by atoms with Gasteiger partial charge in [0.05, 0.1) is 25.8 Å². The number of aryl methyl sites for hydroxylation is 2. The lowest BCUT2D eigenvalue weighted by Crippen LogP contribution is -2.46. The number of morpholine rings is 1. The molecule has 160 valence electrons. The molecule has 2 N–H and O–H groups in total. The van der Waals surface area contributed by atoms with Crippen LogP contribution >= 0.6 is 35.3 Å². The third kappa shape index (κ3) is 7.20. The molecule has 0 amide bonds. The molecule has 6 nitrogen and oxygen atoms in total. The lowest BCUT2D eigenvalue weighted by molar-refractivity contribution is 0.0170. The SMILES string of the molecule is CCc1cnc(CNC(=NC)NCC(c2cccc(C)c2)N2CCOCC2)s1.I. The van der Waals surface area contributed by atoms with E-state index in [-0.39, 0.29) is 30.0 Å². The first-order chi connectivity index (χ1) is 13.7. The molecule has 1 aromatic heterocycles. The van der Waals surface area contributed by atoms with Gasteiger partial charge in [-0.2, -0.15) is 0 Å². The molecule has 2 aromatic rings. The zero-order chi connectivity index (χ0) is 19.8. The molecule has 0 bridgehead atoms. The summed E-state index contributed by atoms with van der Waals surface area (Å²) in [7, 11) is 1.81. The van der Waals surface area contributed by atoms with E-state index in [4.69, 9.17) is 4.74 Å². The number of hydrogen-bond acceptors (Lipinski definition) is 5. The lowest BCUT2D eigenvalue weighted by atomic mass is 10.0. The highest BCUT2D eigenvalue weighted by atomic mass is 127. The number of aliphatic imine (C=N–C) groups is 1. The smallest absolute Gasteiger partial charge is 0.191 e. The summed E-state index contributed by atoms with van der Waals surface area (Å²) >= 11 is 1.75. The van der Waals surface area contributed by atoms with Crippen LogP contribution in [0.5, 0.6) is 0 Å². The van der Waals surface area contributed by atoms with E-state index >= 15 is 0 Å².